The SMILES string of the molecule is CCc1ccnn1-c1ccccc1N. The number of aromatic nitrogens is 2. The Labute approximate surface area is 83.2 Å². The highest BCUT2D eigenvalue weighted by atomic mass is 15.3. The Hall–Kier alpha value is -1.77. The Morgan fingerprint density at radius 2 is 2.07 bits per heavy atom. The summed E-state index contributed by atoms with van der Waals surface area (Å²) in [4.78, 5) is 0. The molecule has 2 rings (SSSR count). The van der Waals surface area contributed by atoms with E-state index in [1.165, 1.54) is 5.69 Å². The van der Waals surface area contributed by atoms with E-state index in [4.69, 9.17) is 5.73 Å². The number of benzene rings is 1. The molecule has 2 N–H and O–H groups in total. The van der Waals surface area contributed by atoms with Crippen molar-refractivity contribution in [1.82, 2.24) is 9.78 Å². The van der Waals surface area contributed by atoms with Gasteiger partial charge < -0.3 is 5.73 Å². The van der Waals surface area contributed by atoms with Gasteiger partial charge in [-0.2, -0.15) is 5.10 Å². The van der Waals surface area contributed by atoms with Gasteiger partial charge in [-0.15, -0.1) is 0 Å². The molecule has 0 aliphatic rings. The highest BCUT2D eigenvalue weighted by Crippen LogP contribution is 2.17. The van der Waals surface area contributed by atoms with E-state index in [-0.39, 0.29) is 0 Å². The summed E-state index contributed by atoms with van der Waals surface area (Å²) in [5, 5.41) is 4.25. The number of nitrogen functional groups attached to an aromatic ring is 1. The lowest BCUT2D eigenvalue weighted by Crippen LogP contribution is -2.04. The average Bonchev–Trinajstić information content (AvgIpc) is 2.66. The normalized spacial score (nSPS) is 10.4. The third-order valence-electron chi connectivity index (χ3n) is 2.25. The molecule has 0 fully saturated rings. The summed E-state index contributed by atoms with van der Waals surface area (Å²) in [7, 11) is 0. The molecule has 0 radical (unpaired) electrons. The second-order valence-corrected chi connectivity index (χ2v) is 3.15. The minimum atomic E-state index is 0.755. The fourth-order valence-electron chi connectivity index (χ4n) is 1.50. The molecule has 2 aromatic rings. The minimum absolute atomic E-state index is 0.755. The van der Waals surface area contributed by atoms with Crippen molar-refractivity contribution in [2.45, 2.75) is 13.3 Å². The standard InChI is InChI=1S/C11H13N3/c1-2-9-7-8-13-14(9)11-6-4-3-5-10(11)12/h3-8H,2,12H2,1H3. The van der Waals surface area contributed by atoms with E-state index >= 15 is 0 Å². The van der Waals surface area contributed by atoms with Crippen molar-refractivity contribution in [2.75, 3.05) is 5.73 Å². The van der Waals surface area contributed by atoms with Gasteiger partial charge in [0.1, 0.15) is 0 Å². The highest BCUT2D eigenvalue weighted by molar-refractivity contribution is 5.57. The molecule has 14 heavy (non-hydrogen) atoms. The van der Waals surface area contributed by atoms with E-state index in [2.05, 4.69) is 12.0 Å². The molecule has 3 heteroatoms. The summed E-state index contributed by atoms with van der Waals surface area (Å²) in [5.74, 6) is 0. The molecule has 0 spiro atoms. The molecule has 0 unspecified atom stereocenters. The van der Waals surface area contributed by atoms with Crippen LogP contribution in [0.25, 0.3) is 5.69 Å². The summed E-state index contributed by atoms with van der Waals surface area (Å²) >= 11 is 0. The molecule has 1 aromatic heterocycles. The van der Waals surface area contributed by atoms with Crippen LogP contribution in [0.4, 0.5) is 5.69 Å². The van der Waals surface area contributed by atoms with E-state index in [9.17, 15) is 0 Å². The zero-order valence-electron chi connectivity index (χ0n) is 8.14. The first-order chi connectivity index (χ1) is 6.83. The number of nitrogens with two attached hydrogens (primary N) is 1. The van der Waals surface area contributed by atoms with Crippen molar-refractivity contribution in [3.63, 3.8) is 0 Å². The molecule has 0 saturated carbocycles. The summed E-state index contributed by atoms with van der Waals surface area (Å²) in [6, 6.07) is 9.76. The molecule has 0 saturated heterocycles. The third-order valence-corrected chi connectivity index (χ3v) is 2.25. The predicted molar refractivity (Wildman–Crippen MR) is 57.4 cm³/mol. The van der Waals surface area contributed by atoms with Crippen LogP contribution in [0.15, 0.2) is 36.5 Å². The number of nitrogens with zero attached hydrogens (tertiary/aromatic N) is 2. The van der Waals surface area contributed by atoms with Gasteiger partial charge in [0.25, 0.3) is 0 Å². The Morgan fingerprint density at radius 1 is 1.29 bits per heavy atom. The van der Waals surface area contributed by atoms with E-state index < -0.39 is 0 Å². The maximum Gasteiger partial charge on any atom is 0.0877 e. The highest BCUT2D eigenvalue weighted by Gasteiger charge is 2.04. The molecule has 0 bridgehead atoms. The van der Waals surface area contributed by atoms with Gasteiger partial charge in [0.2, 0.25) is 0 Å². The maximum absolute atomic E-state index is 5.87. The van der Waals surface area contributed by atoms with Crippen LogP contribution in [0.3, 0.4) is 0 Å². The molecular weight excluding hydrogens is 174 g/mol. The summed E-state index contributed by atoms with van der Waals surface area (Å²) in [5.41, 5.74) is 8.75. The number of aryl methyl sites for hydroxylation is 1. The van der Waals surface area contributed by atoms with Crippen molar-refractivity contribution >= 4 is 5.69 Å². The smallest absolute Gasteiger partial charge is 0.0877 e. The second kappa shape index (κ2) is 3.54. The predicted octanol–water partition coefficient (Wildman–Crippen LogP) is 2.02. The zero-order valence-corrected chi connectivity index (χ0v) is 8.14. The van der Waals surface area contributed by atoms with Gasteiger partial charge in [0.15, 0.2) is 0 Å². The molecule has 0 aliphatic heterocycles. The maximum atomic E-state index is 5.87. The van der Waals surface area contributed by atoms with Crippen LogP contribution in [-0.4, -0.2) is 9.78 Å². The largest absolute Gasteiger partial charge is 0.397 e. The topological polar surface area (TPSA) is 43.8 Å². The summed E-state index contributed by atoms with van der Waals surface area (Å²) in [6.07, 6.45) is 2.75. The average molecular weight is 187 g/mol. The van der Waals surface area contributed by atoms with Crippen LogP contribution in [0.1, 0.15) is 12.6 Å². The third kappa shape index (κ3) is 1.37. The quantitative estimate of drug-likeness (QED) is 0.731. The lowest BCUT2D eigenvalue weighted by molar-refractivity contribution is 0.816. The molecule has 0 aliphatic carbocycles. The first-order valence-corrected chi connectivity index (χ1v) is 4.70. The number of hydrogen-bond acceptors (Lipinski definition) is 2. The Balaban J connectivity index is 2.54. The van der Waals surface area contributed by atoms with Crippen LogP contribution in [-0.2, 0) is 6.42 Å². The van der Waals surface area contributed by atoms with Crippen LogP contribution in [0.5, 0.6) is 0 Å². The number of rotatable bonds is 2. The molecule has 72 valence electrons. The molecule has 0 amide bonds. The van der Waals surface area contributed by atoms with Gasteiger partial charge in [-0.25, -0.2) is 4.68 Å². The molecule has 1 aromatic carbocycles. The van der Waals surface area contributed by atoms with Gasteiger partial charge in [0, 0.05) is 11.9 Å². The first-order valence-electron chi connectivity index (χ1n) is 4.70. The molecule has 3 nitrogen and oxygen atoms in total. The monoisotopic (exact) mass is 187 g/mol. The molecular formula is C11H13N3. The second-order valence-electron chi connectivity index (χ2n) is 3.15. The van der Waals surface area contributed by atoms with Gasteiger partial charge in [-0.05, 0) is 24.6 Å². The number of para-hydroxylation sites is 2. The van der Waals surface area contributed by atoms with Crippen LogP contribution < -0.4 is 5.73 Å². The lowest BCUT2D eigenvalue weighted by Gasteiger charge is -2.08. The zero-order chi connectivity index (χ0) is 9.97. The fraction of sp³-hybridized carbons (Fsp3) is 0.182. The van der Waals surface area contributed by atoms with Crippen molar-refractivity contribution in [1.29, 1.82) is 0 Å². The summed E-state index contributed by atoms with van der Waals surface area (Å²) < 4.78 is 1.88. The Bertz CT molecular complexity index is 432. The Kier molecular flexibility index (Phi) is 2.23. The lowest BCUT2D eigenvalue weighted by atomic mass is 10.2. The van der Waals surface area contributed by atoms with Crippen LogP contribution in [0.2, 0.25) is 0 Å². The number of hydrogen-bond donors (Lipinski definition) is 1. The summed E-state index contributed by atoms with van der Waals surface area (Å²) in [6.45, 7) is 2.10. The fourth-order valence-corrected chi connectivity index (χ4v) is 1.50. The van der Waals surface area contributed by atoms with E-state index in [0.29, 0.717) is 0 Å². The first kappa shape index (κ1) is 8.81. The number of anilines is 1. The van der Waals surface area contributed by atoms with Crippen molar-refractivity contribution in [2.24, 2.45) is 0 Å². The van der Waals surface area contributed by atoms with Crippen molar-refractivity contribution in [3.8, 4) is 5.69 Å². The van der Waals surface area contributed by atoms with E-state index in [1.54, 1.807) is 6.20 Å². The van der Waals surface area contributed by atoms with Crippen molar-refractivity contribution < 1.29 is 0 Å². The minimum Gasteiger partial charge on any atom is -0.397 e. The van der Waals surface area contributed by atoms with Gasteiger partial charge in [0.05, 0.1) is 11.4 Å². The van der Waals surface area contributed by atoms with E-state index in [0.717, 1.165) is 17.8 Å². The van der Waals surface area contributed by atoms with Crippen molar-refractivity contribution in [3.05, 3.63) is 42.2 Å². The van der Waals surface area contributed by atoms with Gasteiger partial charge in [-0.3, -0.25) is 0 Å². The van der Waals surface area contributed by atoms with E-state index in [1.807, 2.05) is 35.0 Å². The van der Waals surface area contributed by atoms with Crippen LogP contribution >= 0.6 is 0 Å². The van der Waals surface area contributed by atoms with Gasteiger partial charge in [-0.1, -0.05) is 19.1 Å². The molecule has 1 heterocycles. The molecule has 0 atom stereocenters. The van der Waals surface area contributed by atoms with Crippen LogP contribution in [0, 0.1) is 0 Å². The van der Waals surface area contributed by atoms with Gasteiger partial charge >= 0.3 is 0 Å². The Morgan fingerprint density at radius 3 is 2.79 bits per heavy atom.